The van der Waals surface area contributed by atoms with Gasteiger partial charge in [-0.25, -0.2) is 9.18 Å². The summed E-state index contributed by atoms with van der Waals surface area (Å²) in [5.74, 6) is 0.330. The predicted octanol–water partition coefficient (Wildman–Crippen LogP) is 3.25. The molecule has 20 heavy (non-hydrogen) atoms. The molecule has 0 unspecified atom stereocenters. The third-order valence-electron chi connectivity index (χ3n) is 4.07. The summed E-state index contributed by atoms with van der Waals surface area (Å²) >= 11 is 0. The number of rotatable bonds is 4. The number of hydrogen-bond acceptors (Lipinski definition) is 1. The number of nitrogens with one attached hydrogen (secondary N) is 2. The molecule has 1 aliphatic carbocycles. The topological polar surface area (TPSA) is 41.1 Å². The molecule has 0 radical (unpaired) electrons. The zero-order valence-corrected chi connectivity index (χ0v) is 12.0. The zero-order chi connectivity index (χ0) is 14.4. The van der Waals surface area contributed by atoms with Gasteiger partial charge in [-0.3, -0.25) is 0 Å². The molecule has 0 bridgehead atoms. The molecule has 1 aliphatic rings. The van der Waals surface area contributed by atoms with Crippen LogP contribution in [0.15, 0.2) is 24.3 Å². The van der Waals surface area contributed by atoms with Gasteiger partial charge >= 0.3 is 6.03 Å². The Morgan fingerprint density at radius 1 is 1.30 bits per heavy atom. The van der Waals surface area contributed by atoms with Crippen LogP contribution in [0.1, 0.15) is 38.2 Å². The lowest BCUT2D eigenvalue weighted by atomic mass is 9.86. The lowest BCUT2D eigenvalue weighted by Gasteiger charge is -2.29. The van der Waals surface area contributed by atoms with Crippen LogP contribution in [0.5, 0.6) is 0 Å². The summed E-state index contributed by atoms with van der Waals surface area (Å²) in [6.07, 6.45) is 5.20. The monoisotopic (exact) mass is 278 g/mol. The van der Waals surface area contributed by atoms with Gasteiger partial charge in [-0.15, -0.1) is 0 Å². The van der Waals surface area contributed by atoms with Crippen molar-refractivity contribution in [2.75, 3.05) is 6.54 Å². The van der Waals surface area contributed by atoms with E-state index >= 15 is 0 Å². The minimum absolute atomic E-state index is 0.139. The molecule has 0 spiro atoms. The highest BCUT2D eigenvalue weighted by Crippen LogP contribution is 2.23. The van der Waals surface area contributed by atoms with E-state index in [-0.39, 0.29) is 17.9 Å². The zero-order valence-electron chi connectivity index (χ0n) is 12.0. The van der Waals surface area contributed by atoms with Gasteiger partial charge in [-0.2, -0.15) is 0 Å². The van der Waals surface area contributed by atoms with Crippen LogP contribution >= 0.6 is 0 Å². The van der Waals surface area contributed by atoms with Crippen molar-refractivity contribution in [1.29, 1.82) is 0 Å². The van der Waals surface area contributed by atoms with Gasteiger partial charge in [0.15, 0.2) is 0 Å². The molecule has 1 fully saturated rings. The van der Waals surface area contributed by atoms with E-state index in [4.69, 9.17) is 0 Å². The summed E-state index contributed by atoms with van der Waals surface area (Å²) in [4.78, 5) is 11.8. The van der Waals surface area contributed by atoms with E-state index in [9.17, 15) is 9.18 Å². The number of amides is 2. The SMILES string of the molecule is C[C@H]1CCCC[C@@H]1NC(=O)NCCc1ccccc1F. The Hall–Kier alpha value is -1.58. The largest absolute Gasteiger partial charge is 0.338 e. The van der Waals surface area contributed by atoms with Gasteiger partial charge in [-0.05, 0) is 36.8 Å². The Balaban J connectivity index is 1.71. The first-order chi connectivity index (χ1) is 9.66. The summed E-state index contributed by atoms with van der Waals surface area (Å²) in [5.41, 5.74) is 0.638. The minimum atomic E-state index is -0.212. The summed E-state index contributed by atoms with van der Waals surface area (Å²) in [7, 11) is 0. The van der Waals surface area contributed by atoms with Crippen LogP contribution in [0.3, 0.4) is 0 Å². The third-order valence-corrected chi connectivity index (χ3v) is 4.07. The molecule has 1 saturated carbocycles. The van der Waals surface area contributed by atoms with Gasteiger partial charge in [0.2, 0.25) is 0 Å². The van der Waals surface area contributed by atoms with Crippen LogP contribution in [0.4, 0.5) is 9.18 Å². The number of carbonyl (C=O) groups is 1. The molecular formula is C16H23FN2O. The molecule has 0 aromatic heterocycles. The van der Waals surface area contributed by atoms with E-state index in [0.29, 0.717) is 24.4 Å². The number of hydrogen-bond donors (Lipinski definition) is 2. The standard InChI is InChI=1S/C16H23FN2O/c1-12-6-2-5-9-15(12)19-16(20)18-11-10-13-7-3-4-8-14(13)17/h3-4,7-8,12,15H,2,5-6,9-11H2,1H3,(H2,18,19,20)/t12-,15-/m0/s1. The highest BCUT2D eigenvalue weighted by atomic mass is 19.1. The van der Waals surface area contributed by atoms with Gasteiger partial charge in [-0.1, -0.05) is 38.0 Å². The quantitative estimate of drug-likeness (QED) is 0.872. The number of benzene rings is 1. The van der Waals surface area contributed by atoms with Crippen molar-refractivity contribution >= 4 is 6.03 Å². The first-order valence-corrected chi connectivity index (χ1v) is 7.44. The summed E-state index contributed by atoms with van der Waals surface area (Å²) in [5, 5.41) is 5.84. The first-order valence-electron chi connectivity index (χ1n) is 7.44. The molecule has 3 nitrogen and oxygen atoms in total. The van der Waals surface area contributed by atoms with Gasteiger partial charge < -0.3 is 10.6 Å². The first kappa shape index (κ1) is 14.8. The maximum atomic E-state index is 13.4. The summed E-state index contributed by atoms with van der Waals surface area (Å²) in [6.45, 7) is 2.64. The molecular weight excluding hydrogens is 255 g/mol. The molecule has 0 aliphatic heterocycles. The van der Waals surface area contributed by atoms with Crippen LogP contribution in [0, 0.1) is 11.7 Å². The van der Waals surface area contributed by atoms with Crippen molar-refractivity contribution in [1.82, 2.24) is 10.6 Å². The van der Waals surface area contributed by atoms with Crippen molar-refractivity contribution < 1.29 is 9.18 Å². The predicted molar refractivity (Wildman–Crippen MR) is 78.1 cm³/mol. The maximum absolute atomic E-state index is 13.4. The molecule has 2 atom stereocenters. The summed E-state index contributed by atoms with van der Waals surface area (Å²) in [6, 6.07) is 6.81. The molecule has 1 aromatic carbocycles. The molecule has 110 valence electrons. The van der Waals surface area contributed by atoms with E-state index in [2.05, 4.69) is 17.6 Å². The third kappa shape index (κ3) is 4.22. The van der Waals surface area contributed by atoms with Crippen LogP contribution < -0.4 is 10.6 Å². The molecule has 0 heterocycles. The molecule has 4 heteroatoms. The van der Waals surface area contributed by atoms with Crippen molar-refractivity contribution in [3.05, 3.63) is 35.6 Å². The van der Waals surface area contributed by atoms with E-state index in [1.54, 1.807) is 12.1 Å². The Morgan fingerprint density at radius 3 is 2.80 bits per heavy atom. The van der Waals surface area contributed by atoms with E-state index in [1.165, 1.54) is 25.3 Å². The second kappa shape index (κ2) is 7.27. The molecule has 2 rings (SSSR count). The molecule has 1 aromatic rings. The second-order valence-electron chi connectivity index (χ2n) is 5.61. The average molecular weight is 278 g/mol. The average Bonchev–Trinajstić information content (AvgIpc) is 2.43. The minimum Gasteiger partial charge on any atom is -0.338 e. The van der Waals surface area contributed by atoms with Gasteiger partial charge in [0.25, 0.3) is 0 Å². The van der Waals surface area contributed by atoms with E-state index in [0.717, 1.165) is 6.42 Å². The van der Waals surface area contributed by atoms with Crippen LogP contribution in [0.2, 0.25) is 0 Å². The number of halogens is 1. The number of urea groups is 1. The molecule has 2 amide bonds. The lowest BCUT2D eigenvalue weighted by molar-refractivity contribution is 0.222. The highest BCUT2D eigenvalue weighted by molar-refractivity contribution is 5.74. The van der Waals surface area contributed by atoms with Crippen molar-refractivity contribution in [3.8, 4) is 0 Å². The Kier molecular flexibility index (Phi) is 5.39. The molecule has 0 saturated heterocycles. The van der Waals surface area contributed by atoms with Crippen molar-refractivity contribution in [2.24, 2.45) is 5.92 Å². The number of carbonyl (C=O) groups excluding carboxylic acids is 1. The van der Waals surface area contributed by atoms with Gasteiger partial charge in [0, 0.05) is 12.6 Å². The van der Waals surface area contributed by atoms with E-state index < -0.39 is 0 Å². The highest BCUT2D eigenvalue weighted by Gasteiger charge is 2.22. The van der Waals surface area contributed by atoms with Gasteiger partial charge in [0.1, 0.15) is 5.82 Å². The Labute approximate surface area is 120 Å². The fraction of sp³-hybridized carbons (Fsp3) is 0.562. The van der Waals surface area contributed by atoms with Crippen molar-refractivity contribution in [3.63, 3.8) is 0 Å². The smallest absolute Gasteiger partial charge is 0.315 e. The Morgan fingerprint density at radius 2 is 2.05 bits per heavy atom. The van der Waals surface area contributed by atoms with Crippen molar-refractivity contribution in [2.45, 2.75) is 45.1 Å². The van der Waals surface area contributed by atoms with Gasteiger partial charge in [0.05, 0.1) is 0 Å². The summed E-state index contributed by atoms with van der Waals surface area (Å²) < 4.78 is 13.4. The fourth-order valence-electron chi connectivity index (χ4n) is 2.76. The van der Waals surface area contributed by atoms with Crippen LogP contribution in [-0.2, 0) is 6.42 Å². The lowest BCUT2D eigenvalue weighted by Crippen LogP contribution is -2.46. The fourth-order valence-corrected chi connectivity index (χ4v) is 2.76. The Bertz CT molecular complexity index is 450. The maximum Gasteiger partial charge on any atom is 0.315 e. The van der Waals surface area contributed by atoms with Crippen LogP contribution in [0.25, 0.3) is 0 Å². The second-order valence-corrected chi connectivity index (χ2v) is 5.61. The van der Waals surface area contributed by atoms with E-state index in [1.807, 2.05) is 6.07 Å². The molecule has 2 N–H and O–H groups in total. The van der Waals surface area contributed by atoms with Crippen LogP contribution in [-0.4, -0.2) is 18.6 Å². The normalized spacial score (nSPS) is 22.3.